The summed E-state index contributed by atoms with van der Waals surface area (Å²) in [4.78, 5) is 29.2. The van der Waals surface area contributed by atoms with Crippen molar-refractivity contribution in [3.8, 4) is 5.69 Å². The monoisotopic (exact) mass is 321 g/mol. The predicted octanol–water partition coefficient (Wildman–Crippen LogP) is 1.28. The Labute approximate surface area is 136 Å². The Bertz CT molecular complexity index is 1220. The van der Waals surface area contributed by atoms with E-state index >= 15 is 0 Å². The lowest BCUT2D eigenvalue weighted by molar-refractivity contribution is 0.708. The van der Waals surface area contributed by atoms with Crippen LogP contribution in [0.5, 0.6) is 0 Å². The molecule has 0 aliphatic carbocycles. The average Bonchev–Trinajstić information content (AvgIpc) is 2.94. The van der Waals surface area contributed by atoms with Gasteiger partial charge in [0.25, 0.3) is 5.56 Å². The lowest BCUT2D eigenvalue weighted by Gasteiger charge is -2.07. The molecule has 0 amide bonds. The average molecular weight is 321 g/mol. The molecule has 0 spiro atoms. The molecule has 7 nitrogen and oxygen atoms in total. The van der Waals surface area contributed by atoms with Crippen molar-refractivity contribution >= 4 is 22.1 Å². The largest absolute Gasteiger partial charge is 0.332 e. The second-order valence-electron chi connectivity index (χ2n) is 5.77. The van der Waals surface area contributed by atoms with E-state index in [1.165, 1.54) is 11.6 Å². The summed E-state index contributed by atoms with van der Waals surface area (Å²) >= 11 is 0. The molecule has 0 bridgehead atoms. The summed E-state index contributed by atoms with van der Waals surface area (Å²) in [5.74, 6) is 0. The molecule has 24 heavy (non-hydrogen) atoms. The molecule has 3 aromatic heterocycles. The highest BCUT2D eigenvalue weighted by Gasteiger charge is 2.16. The number of nitrogens with zero attached hydrogens (tertiary/aromatic N) is 5. The van der Waals surface area contributed by atoms with E-state index in [-0.39, 0.29) is 5.56 Å². The van der Waals surface area contributed by atoms with E-state index in [0.717, 1.165) is 21.3 Å². The van der Waals surface area contributed by atoms with Gasteiger partial charge in [0.15, 0.2) is 11.3 Å². The molecule has 120 valence electrons. The van der Waals surface area contributed by atoms with Crippen molar-refractivity contribution in [1.82, 2.24) is 23.9 Å². The van der Waals surface area contributed by atoms with Gasteiger partial charge in [-0.3, -0.25) is 13.9 Å². The molecule has 0 atom stereocenters. The summed E-state index contributed by atoms with van der Waals surface area (Å²) in [6.45, 7) is 1.88. The van der Waals surface area contributed by atoms with Crippen LogP contribution in [0.25, 0.3) is 27.8 Å². The third kappa shape index (κ3) is 1.84. The first-order valence-electron chi connectivity index (χ1n) is 7.50. The summed E-state index contributed by atoms with van der Waals surface area (Å²) in [6.07, 6.45) is 0. The van der Waals surface area contributed by atoms with Crippen molar-refractivity contribution in [2.24, 2.45) is 14.1 Å². The molecule has 0 unspecified atom stereocenters. The first-order valence-corrected chi connectivity index (χ1v) is 7.50. The van der Waals surface area contributed by atoms with Crippen LogP contribution in [-0.4, -0.2) is 23.9 Å². The Balaban J connectivity index is 2.20. The van der Waals surface area contributed by atoms with Gasteiger partial charge < -0.3 is 0 Å². The van der Waals surface area contributed by atoms with Crippen LogP contribution in [0.4, 0.5) is 0 Å². The molecule has 4 rings (SSSR count). The van der Waals surface area contributed by atoms with E-state index in [9.17, 15) is 9.59 Å². The number of hydrogen-bond acceptors (Lipinski definition) is 4. The van der Waals surface area contributed by atoms with Gasteiger partial charge in [0, 0.05) is 19.5 Å². The van der Waals surface area contributed by atoms with Gasteiger partial charge in [-0.05, 0) is 25.1 Å². The smallest absolute Gasteiger partial charge is 0.280 e. The van der Waals surface area contributed by atoms with Crippen LogP contribution >= 0.6 is 0 Å². The fourth-order valence-corrected chi connectivity index (χ4v) is 2.92. The van der Waals surface area contributed by atoms with E-state index in [1.54, 1.807) is 17.8 Å². The third-order valence-corrected chi connectivity index (χ3v) is 4.25. The fraction of sp³-hybridized carbons (Fsp3) is 0.176. The van der Waals surface area contributed by atoms with Crippen molar-refractivity contribution < 1.29 is 0 Å². The van der Waals surface area contributed by atoms with E-state index in [1.807, 2.05) is 37.3 Å². The van der Waals surface area contributed by atoms with E-state index in [0.29, 0.717) is 16.7 Å². The van der Waals surface area contributed by atoms with Crippen molar-refractivity contribution in [2.45, 2.75) is 6.92 Å². The number of para-hydroxylation sites is 1. The summed E-state index contributed by atoms with van der Waals surface area (Å²) < 4.78 is 4.20. The van der Waals surface area contributed by atoms with Gasteiger partial charge in [-0.25, -0.2) is 14.5 Å². The van der Waals surface area contributed by atoms with Crippen LogP contribution in [0.3, 0.4) is 0 Å². The van der Waals surface area contributed by atoms with Gasteiger partial charge in [0.2, 0.25) is 0 Å². The molecule has 3 heterocycles. The van der Waals surface area contributed by atoms with Crippen LogP contribution in [0.1, 0.15) is 5.69 Å². The van der Waals surface area contributed by atoms with Crippen molar-refractivity contribution in [3.05, 3.63) is 62.9 Å². The van der Waals surface area contributed by atoms with Gasteiger partial charge in [-0.1, -0.05) is 18.2 Å². The summed E-state index contributed by atoms with van der Waals surface area (Å²) in [7, 11) is 3.08. The normalized spacial score (nSPS) is 11.5. The van der Waals surface area contributed by atoms with Gasteiger partial charge >= 0.3 is 5.69 Å². The minimum atomic E-state index is -0.401. The molecule has 0 N–H and O–H groups in total. The third-order valence-electron chi connectivity index (χ3n) is 4.25. The molecular weight excluding hydrogens is 306 g/mol. The quantitative estimate of drug-likeness (QED) is 0.529. The van der Waals surface area contributed by atoms with Crippen LogP contribution < -0.4 is 11.2 Å². The van der Waals surface area contributed by atoms with Crippen molar-refractivity contribution in [1.29, 1.82) is 0 Å². The lowest BCUT2D eigenvalue weighted by atomic mass is 10.2. The maximum Gasteiger partial charge on any atom is 0.332 e. The van der Waals surface area contributed by atoms with Crippen molar-refractivity contribution in [3.63, 3.8) is 0 Å². The zero-order valence-corrected chi connectivity index (χ0v) is 13.5. The standard InChI is InChI=1S/C17H15N5O2/c1-10-12-9-13-14(20(2)17(24)21(3)16(13)23)18-15(12)22(19-10)11-7-5-4-6-8-11/h4-9H,1-3H3. The fourth-order valence-electron chi connectivity index (χ4n) is 2.92. The second-order valence-corrected chi connectivity index (χ2v) is 5.77. The van der Waals surface area contributed by atoms with Crippen LogP contribution in [0.2, 0.25) is 0 Å². The zero-order chi connectivity index (χ0) is 17.0. The number of aromatic nitrogens is 5. The minimum absolute atomic E-state index is 0.352. The van der Waals surface area contributed by atoms with E-state index < -0.39 is 5.69 Å². The molecule has 0 radical (unpaired) electrons. The number of benzene rings is 1. The summed E-state index contributed by atoms with van der Waals surface area (Å²) in [5.41, 5.74) is 1.87. The summed E-state index contributed by atoms with van der Waals surface area (Å²) in [6, 6.07) is 11.4. The lowest BCUT2D eigenvalue weighted by Crippen LogP contribution is -2.37. The first-order chi connectivity index (χ1) is 11.5. The molecule has 0 fully saturated rings. The van der Waals surface area contributed by atoms with Gasteiger partial charge in [-0.15, -0.1) is 0 Å². The maximum atomic E-state index is 12.4. The molecule has 0 aliphatic heterocycles. The Morgan fingerprint density at radius 3 is 2.33 bits per heavy atom. The van der Waals surface area contributed by atoms with Crippen LogP contribution in [-0.2, 0) is 14.1 Å². The summed E-state index contributed by atoms with van der Waals surface area (Å²) in [5, 5.41) is 5.74. The topological polar surface area (TPSA) is 74.7 Å². The highest BCUT2D eigenvalue weighted by atomic mass is 16.2. The van der Waals surface area contributed by atoms with Gasteiger partial charge in [0.1, 0.15) is 0 Å². The number of fused-ring (bicyclic) bond motifs is 2. The number of hydrogen-bond donors (Lipinski definition) is 0. The van der Waals surface area contributed by atoms with Gasteiger partial charge in [0.05, 0.1) is 16.8 Å². The minimum Gasteiger partial charge on any atom is -0.280 e. The molecule has 1 aromatic carbocycles. The van der Waals surface area contributed by atoms with E-state index in [2.05, 4.69) is 10.1 Å². The van der Waals surface area contributed by atoms with E-state index in [4.69, 9.17) is 0 Å². The first kappa shape index (κ1) is 14.4. The second kappa shape index (κ2) is 4.89. The Morgan fingerprint density at radius 1 is 0.917 bits per heavy atom. The Hall–Kier alpha value is -3.22. The Morgan fingerprint density at radius 2 is 1.62 bits per heavy atom. The Kier molecular flexibility index (Phi) is 2.93. The molecule has 0 aliphatic rings. The molecular formula is C17H15N5O2. The maximum absolute atomic E-state index is 12.4. The molecule has 7 heteroatoms. The number of pyridine rings is 1. The highest BCUT2D eigenvalue weighted by Crippen LogP contribution is 2.22. The SMILES string of the molecule is Cc1nn(-c2ccccc2)c2nc3c(cc12)c(=O)n(C)c(=O)n3C. The number of aryl methyl sites for hydroxylation is 2. The molecule has 0 saturated carbocycles. The number of rotatable bonds is 1. The zero-order valence-electron chi connectivity index (χ0n) is 13.5. The highest BCUT2D eigenvalue weighted by molar-refractivity contribution is 5.91. The van der Waals surface area contributed by atoms with Crippen molar-refractivity contribution in [2.75, 3.05) is 0 Å². The van der Waals surface area contributed by atoms with Crippen LogP contribution in [0, 0.1) is 6.92 Å². The van der Waals surface area contributed by atoms with Crippen LogP contribution in [0.15, 0.2) is 46.0 Å². The van der Waals surface area contributed by atoms with Gasteiger partial charge in [-0.2, -0.15) is 5.10 Å². The molecule has 4 aromatic rings. The predicted molar refractivity (Wildman–Crippen MR) is 91.6 cm³/mol. The molecule has 0 saturated heterocycles.